The Morgan fingerprint density at radius 1 is 1.33 bits per heavy atom. The molecule has 0 aliphatic carbocycles. The summed E-state index contributed by atoms with van der Waals surface area (Å²) in [5.74, 6) is 0.0555. The van der Waals surface area contributed by atoms with Gasteiger partial charge in [0.2, 0.25) is 11.0 Å². The third kappa shape index (κ3) is 3.77. The van der Waals surface area contributed by atoms with Crippen LogP contribution >= 0.6 is 22.7 Å². The van der Waals surface area contributed by atoms with E-state index in [1.807, 2.05) is 35.2 Å². The maximum absolute atomic E-state index is 11.8. The average Bonchev–Trinajstić information content (AvgIpc) is 3.21. The van der Waals surface area contributed by atoms with Crippen molar-refractivity contribution in [2.45, 2.75) is 12.8 Å². The minimum atomic E-state index is 0.0555. The molecular formula is C14H14N4OS2. The molecule has 0 saturated heterocycles. The Bertz CT molecular complexity index is 688. The number of nitrogens with one attached hydrogen (secondary N) is 1. The highest BCUT2D eigenvalue weighted by Crippen LogP contribution is 2.14. The molecule has 0 aliphatic rings. The zero-order valence-electron chi connectivity index (χ0n) is 11.2. The zero-order chi connectivity index (χ0) is 14.5. The Kier molecular flexibility index (Phi) is 4.42. The molecule has 0 bridgehead atoms. The fourth-order valence-electron chi connectivity index (χ4n) is 1.86. The van der Waals surface area contributed by atoms with Gasteiger partial charge in [0, 0.05) is 35.6 Å². The molecule has 3 rings (SSSR count). The molecule has 3 aromatic rings. The molecular weight excluding hydrogens is 304 g/mol. The standard InChI is InChI=1S/C14H14N4OS2/c19-13(9-12-3-1-8-20-12)15-6-4-11-10-21-14(17-11)18-7-2-5-16-18/h1-3,5,7-8,10H,4,6,9H2,(H,15,19). The number of carbonyl (C=O) groups is 1. The molecule has 0 spiro atoms. The van der Waals surface area contributed by atoms with E-state index >= 15 is 0 Å². The largest absolute Gasteiger partial charge is 0.355 e. The van der Waals surface area contributed by atoms with Gasteiger partial charge in [-0.25, -0.2) is 9.67 Å². The Balaban J connectivity index is 1.46. The summed E-state index contributed by atoms with van der Waals surface area (Å²) >= 11 is 3.15. The van der Waals surface area contributed by atoms with Crippen LogP contribution in [0.3, 0.4) is 0 Å². The molecule has 0 saturated carbocycles. The number of nitrogens with zero attached hydrogens (tertiary/aromatic N) is 3. The van der Waals surface area contributed by atoms with Crippen molar-refractivity contribution >= 4 is 28.6 Å². The molecule has 3 heterocycles. The molecule has 0 aliphatic heterocycles. The highest BCUT2D eigenvalue weighted by molar-refractivity contribution is 7.12. The van der Waals surface area contributed by atoms with Crippen LogP contribution in [0.4, 0.5) is 0 Å². The summed E-state index contributed by atoms with van der Waals surface area (Å²) in [5.41, 5.74) is 0.974. The van der Waals surface area contributed by atoms with Crippen LogP contribution in [0.25, 0.3) is 5.13 Å². The second-order valence-corrected chi connectivity index (χ2v) is 6.30. The van der Waals surface area contributed by atoms with Gasteiger partial charge in [0.25, 0.3) is 0 Å². The molecule has 108 valence electrons. The Labute approximate surface area is 130 Å². The van der Waals surface area contributed by atoms with Gasteiger partial charge in [-0.15, -0.1) is 22.7 Å². The molecule has 0 aromatic carbocycles. The summed E-state index contributed by atoms with van der Waals surface area (Å²) < 4.78 is 1.74. The Morgan fingerprint density at radius 3 is 3.05 bits per heavy atom. The average molecular weight is 318 g/mol. The van der Waals surface area contributed by atoms with Gasteiger partial charge in [-0.2, -0.15) is 5.10 Å². The number of thiophene rings is 1. The molecule has 5 nitrogen and oxygen atoms in total. The smallest absolute Gasteiger partial charge is 0.225 e. The first-order valence-electron chi connectivity index (χ1n) is 6.55. The fraction of sp³-hybridized carbons (Fsp3) is 0.214. The van der Waals surface area contributed by atoms with E-state index < -0.39 is 0 Å². The van der Waals surface area contributed by atoms with Gasteiger partial charge < -0.3 is 5.32 Å². The third-order valence-electron chi connectivity index (χ3n) is 2.86. The van der Waals surface area contributed by atoms with Crippen LogP contribution in [-0.2, 0) is 17.6 Å². The fourth-order valence-corrected chi connectivity index (χ4v) is 3.36. The molecule has 21 heavy (non-hydrogen) atoms. The minimum Gasteiger partial charge on any atom is -0.355 e. The molecule has 1 amide bonds. The van der Waals surface area contributed by atoms with Crippen molar-refractivity contribution in [3.8, 4) is 5.13 Å². The Hall–Kier alpha value is -1.99. The molecule has 1 N–H and O–H groups in total. The van der Waals surface area contributed by atoms with Gasteiger partial charge in [0.15, 0.2) is 0 Å². The first-order valence-corrected chi connectivity index (χ1v) is 8.31. The Morgan fingerprint density at radius 2 is 2.29 bits per heavy atom. The monoisotopic (exact) mass is 318 g/mol. The maximum Gasteiger partial charge on any atom is 0.225 e. The van der Waals surface area contributed by atoms with Gasteiger partial charge in [0.05, 0.1) is 12.1 Å². The van der Waals surface area contributed by atoms with Crippen molar-refractivity contribution in [2.75, 3.05) is 6.54 Å². The van der Waals surface area contributed by atoms with Crippen molar-refractivity contribution in [2.24, 2.45) is 0 Å². The number of hydrogen-bond donors (Lipinski definition) is 1. The van der Waals surface area contributed by atoms with Gasteiger partial charge in [-0.05, 0) is 17.5 Å². The molecule has 3 aromatic heterocycles. The number of amides is 1. The SMILES string of the molecule is O=C(Cc1cccs1)NCCc1csc(-n2cccn2)n1. The third-order valence-corrected chi connectivity index (χ3v) is 4.61. The summed E-state index contributed by atoms with van der Waals surface area (Å²) in [6, 6.07) is 5.80. The zero-order valence-corrected chi connectivity index (χ0v) is 12.9. The predicted molar refractivity (Wildman–Crippen MR) is 84.0 cm³/mol. The summed E-state index contributed by atoms with van der Waals surface area (Å²) in [6.07, 6.45) is 4.78. The predicted octanol–water partition coefficient (Wildman–Crippen LogP) is 2.29. The maximum atomic E-state index is 11.8. The molecule has 0 atom stereocenters. The van der Waals surface area contributed by atoms with Gasteiger partial charge >= 0.3 is 0 Å². The van der Waals surface area contributed by atoms with Crippen LogP contribution in [0.1, 0.15) is 10.6 Å². The van der Waals surface area contributed by atoms with Crippen LogP contribution in [0.15, 0.2) is 41.4 Å². The first-order chi connectivity index (χ1) is 10.3. The quantitative estimate of drug-likeness (QED) is 0.758. The van der Waals surface area contributed by atoms with Crippen molar-refractivity contribution in [1.29, 1.82) is 0 Å². The van der Waals surface area contributed by atoms with Crippen molar-refractivity contribution in [1.82, 2.24) is 20.1 Å². The topological polar surface area (TPSA) is 59.8 Å². The van der Waals surface area contributed by atoms with Gasteiger partial charge in [0.1, 0.15) is 0 Å². The van der Waals surface area contributed by atoms with E-state index in [0.29, 0.717) is 13.0 Å². The van der Waals surface area contributed by atoms with E-state index in [4.69, 9.17) is 0 Å². The molecule has 0 unspecified atom stereocenters. The normalized spacial score (nSPS) is 10.7. The molecule has 0 radical (unpaired) electrons. The second-order valence-electron chi connectivity index (χ2n) is 4.43. The van der Waals surface area contributed by atoms with E-state index in [-0.39, 0.29) is 5.91 Å². The van der Waals surface area contributed by atoms with Crippen LogP contribution in [-0.4, -0.2) is 27.2 Å². The van der Waals surface area contributed by atoms with Crippen LogP contribution in [0.2, 0.25) is 0 Å². The lowest BCUT2D eigenvalue weighted by Gasteiger charge is -2.02. The number of thiazole rings is 1. The van der Waals surface area contributed by atoms with Gasteiger partial charge in [-0.3, -0.25) is 4.79 Å². The van der Waals surface area contributed by atoms with Gasteiger partial charge in [-0.1, -0.05) is 6.07 Å². The van der Waals surface area contributed by atoms with E-state index in [0.717, 1.165) is 22.1 Å². The first kappa shape index (κ1) is 14.0. The summed E-state index contributed by atoms with van der Waals surface area (Å²) in [6.45, 7) is 0.604. The van der Waals surface area contributed by atoms with Crippen molar-refractivity contribution in [3.63, 3.8) is 0 Å². The van der Waals surface area contributed by atoms with Crippen molar-refractivity contribution < 1.29 is 4.79 Å². The van der Waals surface area contributed by atoms with E-state index in [2.05, 4.69) is 15.4 Å². The summed E-state index contributed by atoms with van der Waals surface area (Å²) in [5, 5.41) is 11.9. The summed E-state index contributed by atoms with van der Waals surface area (Å²) in [4.78, 5) is 17.3. The van der Waals surface area contributed by atoms with Crippen molar-refractivity contribution in [3.05, 3.63) is 51.9 Å². The number of carbonyl (C=O) groups excluding carboxylic acids is 1. The lowest BCUT2D eigenvalue weighted by molar-refractivity contribution is -0.120. The van der Waals surface area contributed by atoms with E-state index in [1.165, 1.54) is 0 Å². The van der Waals surface area contributed by atoms with Crippen LogP contribution < -0.4 is 5.32 Å². The molecule has 0 fully saturated rings. The number of rotatable bonds is 6. The summed E-state index contributed by atoms with van der Waals surface area (Å²) in [7, 11) is 0. The highest BCUT2D eigenvalue weighted by atomic mass is 32.1. The lowest BCUT2D eigenvalue weighted by atomic mass is 10.3. The second kappa shape index (κ2) is 6.64. The highest BCUT2D eigenvalue weighted by Gasteiger charge is 2.06. The molecule has 7 heteroatoms. The number of aromatic nitrogens is 3. The van der Waals surface area contributed by atoms with E-state index in [9.17, 15) is 4.79 Å². The van der Waals surface area contributed by atoms with Crippen LogP contribution in [0, 0.1) is 0 Å². The minimum absolute atomic E-state index is 0.0555. The number of hydrogen-bond acceptors (Lipinski definition) is 5. The van der Waals surface area contributed by atoms with Crippen LogP contribution in [0.5, 0.6) is 0 Å². The van der Waals surface area contributed by atoms with E-state index in [1.54, 1.807) is 33.6 Å². The lowest BCUT2D eigenvalue weighted by Crippen LogP contribution is -2.27.